The number of carbonyl (C=O) groups excluding carboxylic acids is 1. The molecule has 0 saturated carbocycles. The molecule has 2 heterocycles. The van der Waals surface area contributed by atoms with Crippen LogP contribution in [0.4, 0.5) is 0 Å². The highest BCUT2D eigenvalue weighted by Crippen LogP contribution is 2.36. The summed E-state index contributed by atoms with van der Waals surface area (Å²) in [6, 6.07) is 8.99. The van der Waals surface area contributed by atoms with E-state index in [1.165, 1.54) is 4.68 Å². The van der Waals surface area contributed by atoms with Crippen LogP contribution in [0.1, 0.15) is 39.1 Å². The Bertz CT molecular complexity index is 1430. The Kier molecular flexibility index (Phi) is 8.89. The Hall–Kier alpha value is -2.76. The van der Waals surface area contributed by atoms with Crippen LogP contribution in [0, 0.1) is 0 Å². The van der Waals surface area contributed by atoms with Crippen LogP contribution in [0.15, 0.2) is 49.2 Å². The molecule has 0 N–H and O–H groups in total. The number of nitrogens with zero attached hydrogens (tertiary/aromatic N) is 4. The van der Waals surface area contributed by atoms with Crippen LogP contribution in [0.3, 0.4) is 0 Å². The minimum Gasteiger partial charge on any atom is -0.490 e. The molecule has 1 aromatic heterocycles. The number of hydrogen-bond acceptors (Lipinski definition) is 7. The molecule has 1 aliphatic rings. The third-order valence-electron chi connectivity index (χ3n) is 5.84. The summed E-state index contributed by atoms with van der Waals surface area (Å²) >= 11 is 6.98. The van der Waals surface area contributed by atoms with E-state index in [2.05, 4.69) is 37.0 Å². The van der Waals surface area contributed by atoms with Crippen molar-refractivity contribution in [2.45, 2.75) is 33.1 Å². The van der Waals surface area contributed by atoms with Crippen molar-refractivity contribution in [3.05, 3.63) is 61.0 Å². The van der Waals surface area contributed by atoms with Crippen LogP contribution < -0.4 is 15.0 Å². The van der Waals surface area contributed by atoms with E-state index in [0.717, 1.165) is 4.47 Å². The van der Waals surface area contributed by atoms with Gasteiger partial charge in [-0.1, -0.05) is 36.7 Å². The van der Waals surface area contributed by atoms with Crippen LogP contribution >= 0.6 is 31.9 Å². The van der Waals surface area contributed by atoms with Gasteiger partial charge in [0.05, 0.1) is 41.4 Å². The predicted octanol–water partition coefficient (Wildman–Crippen LogP) is 4.74. The lowest BCUT2D eigenvalue weighted by Gasteiger charge is -2.27. The van der Waals surface area contributed by atoms with Crippen molar-refractivity contribution in [1.82, 2.24) is 14.6 Å². The van der Waals surface area contributed by atoms with Gasteiger partial charge in [-0.05, 0) is 58.7 Å². The molecule has 1 aliphatic heterocycles. The van der Waals surface area contributed by atoms with Gasteiger partial charge in [-0.25, -0.2) is 4.98 Å². The van der Waals surface area contributed by atoms with E-state index in [9.17, 15) is 9.59 Å². The van der Waals surface area contributed by atoms with E-state index in [4.69, 9.17) is 19.2 Å². The van der Waals surface area contributed by atoms with Gasteiger partial charge in [-0.15, -0.1) is 0 Å². The third kappa shape index (κ3) is 6.44. The SMILES string of the molecule is CCOc1cc(C=Nn2c(C(C)(C)C)nc3ccc(Br)cc3c2=O)cc(Br)c1OCC(=O)N1CCOCC1. The molecule has 9 nitrogen and oxygen atoms in total. The van der Waals surface area contributed by atoms with Gasteiger partial charge in [0.15, 0.2) is 18.1 Å². The van der Waals surface area contributed by atoms with Crippen LogP contribution in [-0.4, -0.2) is 66.2 Å². The molecule has 0 unspecified atom stereocenters. The summed E-state index contributed by atoms with van der Waals surface area (Å²) in [6.45, 7) is 10.3. The second kappa shape index (κ2) is 12.0. The molecule has 11 heteroatoms. The van der Waals surface area contributed by atoms with Crippen molar-refractivity contribution in [3.63, 3.8) is 0 Å². The molecule has 0 spiro atoms. The first-order valence-electron chi connectivity index (χ1n) is 12.3. The standard InChI is InChI=1S/C27H30Br2N4O5/c1-5-37-22-13-17(12-20(29)24(22)38-16-23(34)32-8-10-36-11-9-32)15-30-33-25(35)19-14-18(28)6-7-21(19)31-26(33)27(2,3)4/h6-7,12-15H,5,8-11,16H2,1-4H3. The number of amides is 1. The highest BCUT2D eigenvalue weighted by molar-refractivity contribution is 9.10. The van der Waals surface area contributed by atoms with Crippen LogP contribution in [-0.2, 0) is 14.9 Å². The smallest absolute Gasteiger partial charge is 0.282 e. The Balaban J connectivity index is 1.67. The second-order valence-corrected chi connectivity index (χ2v) is 11.5. The zero-order valence-electron chi connectivity index (χ0n) is 21.8. The van der Waals surface area contributed by atoms with E-state index >= 15 is 0 Å². The van der Waals surface area contributed by atoms with Crippen molar-refractivity contribution in [2.75, 3.05) is 39.5 Å². The first kappa shape index (κ1) is 28.3. The summed E-state index contributed by atoms with van der Waals surface area (Å²) in [5.41, 5.74) is 0.597. The zero-order valence-corrected chi connectivity index (χ0v) is 25.0. The maximum absolute atomic E-state index is 13.4. The van der Waals surface area contributed by atoms with E-state index in [0.29, 0.717) is 71.2 Å². The fourth-order valence-corrected chi connectivity index (χ4v) is 4.90. The molecule has 2 aromatic carbocycles. The van der Waals surface area contributed by atoms with Gasteiger partial charge in [-0.3, -0.25) is 9.59 Å². The second-order valence-electron chi connectivity index (χ2n) is 9.75. The summed E-state index contributed by atoms with van der Waals surface area (Å²) in [5.74, 6) is 1.31. The maximum Gasteiger partial charge on any atom is 0.282 e. The molecule has 0 atom stereocenters. The normalized spacial score (nSPS) is 14.3. The minimum absolute atomic E-state index is 0.113. The van der Waals surface area contributed by atoms with E-state index in [-0.39, 0.29) is 18.1 Å². The number of morpholine rings is 1. The van der Waals surface area contributed by atoms with Crippen LogP contribution in [0.25, 0.3) is 10.9 Å². The number of rotatable bonds is 7. The topological polar surface area (TPSA) is 95.2 Å². The van der Waals surface area contributed by atoms with E-state index < -0.39 is 5.41 Å². The zero-order chi connectivity index (χ0) is 27.4. The van der Waals surface area contributed by atoms with Gasteiger partial charge in [-0.2, -0.15) is 9.78 Å². The fraction of sp³-hybridized carbons (Fsp3) is 0.407. The average molecular weight is 650 g/mol. The van der Waals surface area contributed by atoms with Crippen LogP contribution in [0.2, 0.25) is 0 Å². The predicted molar refractivity (Wildman–Crippen MR) is 154 cm³/mol. The molecule has 0 radical (unpaired) electrons. The van der Waals surface area contributed by atoms with Gasteiger partial charge in [0, 0.05) is 23.0 Å². The molecule has 1 fully saturated rings. The largest absolute Gasteiger partial charge is 0.490 e. The van der Waals surface area contributed by atoms with E-state index in [1.54, 1.807) is 29.3 Å². The monoisotopic (exact) mass is 648 g/mol. The van der Waals surface area contributed by atoms with Crippen molar-refractivity contribution in [3.8, 4) is 11.5 Å². The summed E-state index contributed by atoms with van der Waals surface area (Å²) in [6.07, 6.45) is 1.58. The van der Waals surface area contributed by atoms with Gasteiger partial charge in [0.2, 0.25) is 0 Å². The number of benzene rings is 2. The van der Waals surface area contributed by atoms with Crippen LogP contribution in [0.5, 0.6) is 11.5 Å². The Morgan fingerprint density at radius 2 is 1.89 bits per heavy atom. The minimum atomic E-state index is -0.431. The number of halogens is 2. The average Bonchev–Trinajstić information content (AvgIpc) is 2.88. The van der Waals surface area contributed by atoms with Gasteiger partial charge < -0.3 is 19.1 Å². The van der Waals surface area contributed by atoms with Gasteiger partial charge >= 0.3 is 0 Å². The number of ether oxygens (including phenoxy) is 3. The Morgan fingerprint density at radius 1 is 1.16 bits per heavy atom. The molecule has 3 aromatic rings. The molecular formula is C27H30Br2N4O5. The summed E-state index contributed by atoms with van der Waals surface area (Å²) in [4.78, 5) is 32.5. The number of carbonyl (C=O) groups is 1. The molecule has 38 heavy (non-hydrogen) atoms. The quantitative estimate of drug-likeness (QED) is 0.343. The number of aromatic nitrogens is 2. The Morgan fingerprint density at radius 3 is 2.58 bits per heavy atom. The van der Waals surface area contributed by atoms with Gasteiger partial charge in [0.1, 0.15) is 5.82 Å². The lowest BCUT2D eigenvalue weighted by Crippen LogP contribution is -2.43. The fourth-order valence-electron chi connectivity index (χ4n) is 3.97. The van der Waals surface area contributed by atoms with Crippen molar-refractivity contribution in [2.24, 2.45) is 5.10 Å². The third-order valence-corrected chi connectivity index (χ3v) is 6.92. The molecule has 0 bridgehead atoms. The highest BCUT2D eigenvalue weighted by Gasteiger charge is 2.23. The maximum atomic E-state index is 13.4. The molecule has 1 saturated heterocycles. The summed E-state index contributed by atoms with van der Waals surface area (Å²) in [7, 11) is 0. The number of fused-ring (bicyclic) bond motifs is 1. The molecule has 0 aliphatic carbocycles. The molecule has 4 rings (SSSR count). The van der Waals surface area contributed by atoms with Crippen molar-refractivity contribution in [1.29, 1.82) is 0 Å². The first-order valence-corrected chi connectivity index (χ1v) is 13.9. The van der Waals surface area contributed by atoms with E-state index in [1.807, 2.05) is 39.8 Å². The lowest BCUT2D eigenvalue weighted by atomic mass is 9.95. The highest BCUT2D eigenvalue weighted by atomic mass is 79.9. The Labute approximate surface area is 238 Å². The van der Waals surface area contributed by atoms with Gasteiger partial charge in [0.25, 0.3) is 11.5 Å². The number of hydrogen-bond donors (Lipinski definition) is 0. The summed E-state index contributed by atoms with van der Waals surface area (Å²) < 4.78 is 19.7. The molecule has 202 valence electrons. The molecule has 1 amide bonds. The van der Waals surface area contributed by atoms with Crippen molar-refractivity contribution < 1.29 is 19.0 Å². The van der Waals surface area contributed by atoms with Crippen molar-refractivity contribution >= 4 is 54.9 Å². The molecular weight excluding hydrogens is 620 g/mol. The first-order chi connectivity index (χ1) is 18.1. The summed E-state index contributed by atoms with van der Waals surface area (Å²) in [5, 5.41) is 5.01. The lowest BCUT2D eigenvalue weighted by molar-refractivity contribution is -0.137.